The number of rotatable bonds is 2. The molecule has 1 aromatic rings. The molecule has 1 aliphatic rings. The molecule has 0 aromatic carbocycles. The third-order valence-electron chi connectivity index (χ3n) is 3.05. The predicted octanol–water partition coefficient (Wildman–Crippen LogP) is 0.976. The van der Waals surface area contributed by atoms with Crippen molar-refractivity contribution in [2.75, 3.05) is 25.9 Å². The first-order valence-corrected chi connectivity index (χ1v) is 8.79. The number of thiophene rings is 1. The van der Waals surface area contributed by atoms with Gasteiger partial charge in [0.05, 0.1) is 5.56 Å². The van der Waals surface area contributed by atoms with Crippen molar-refractivity contribution < 1.29 is 13.2 Å². The minimum Gasteiger partial charge on any atom is -0.336 e. The highest BCUT2D eigenvalue weighted by atomic mass is 32.2. The predicted molar refractivity (Wildman–Crippen MR) is 75.4 cm³/mol. The maximum absolute atomic E-state index is 12.3. The molecule has 106 valence electrons. The van der Waals surface area contributed by atoms with Gasteiger partial charge >= 0.3 is 0 Å². The smallest absolute Gasteiger partial charge is 0.254 e. The molecule has 0 aliphatic carbocycles. The molecule has 1 aromatic heterocycles. The van der Waals surface area contributed by atoms with Gasteiger partial charge in [0.25, 0.3) is 5.91 Å². The quantitative estimate of drug-likeness (QED) is 0.884. The van der Waals surface area contributed by atoms with Crippen LogP contribution in [0.4, 0.5) is 0 Å². The van der Waals surface area contributed by atoms with E-state index in [-0.39, 0.29) is 15.7 Å². The van der Waals surface area contributed by atoms with Gasteiger partial charge < -0.3 is 10.2 Å². The molecule has 1 amide bonds. The van der Waals surface area contributed by atoms with Crippen LogP contribution in [0.1, 0.15) is 24.2 Å². The molecule has 1 aliphatic heterocycles. The first kappa shape index (κ1) is 14.5. The molecule has 2 rings (SSSR count). The average molecular weight is 302 g/mol. The maximum atomic E-state index is 12.3. The highest BCUT2D eigenvalue weighted by Gasteiger charge is 2.29. The van der Waals surface area contributed by atoms with E-state index in [1.54, 1.807) is 10.3 Å². The first-order chi connectivity index (χ1) is 8.69. The summed E-state index contributed by atoms with van der Waals surface area (Å²) in [5.41, 5.74) is 0.354. The van der Waals surface area contributed by atoms with Gasteiger partial charge in [0.1, 0.15) is 4.21 Å². The second kappa shape index (κ2) is 4.88. The normalized spacial score (nSPS) is 19.4. The molecule has 0 bridgehead atoms. The van der Waals surface area contributed by atoms with Gasteiger partial charge in [0, 0.05) is 36.8 Å². The zero-order valence-corrected chi connectivity index (χ0v) is 12.9. The highest BCUT2D eigenvalue weighted by molar-refractivity contribution is 7.92. The van der Waals surface area contributed by atoms with Crippen LogP contribution in [0.3, 0.4) is 0 Å². The number of nitrogens with one attached hydrogen (secondary N) is 1. The Labute approximate surface area is 117 Å². The van der Waals surface area contributed by atoms with Crippen LogP contribution in [-0.4, -0.2) is 50.7 Å². The van der Waals surface area contributed by atoms with Crippen molar-refractivity contribution in [1.29, 1.82) is 0 Å². The standard InChI is InChI=1S/C12H18N2O3S2/c1-12(2)8-14(5-4-13-12)11(15)9-6-10(18-7-9)19(3,16)17/h6-7,13H,4-5,8H2,1-3H3. The lowest BCUT2D eigenvalue weighted by molar-refractivity contribution is 0.0652. The van der Waals surface area contributed by atoms with Crippen molar-refractivity contribution >= 4 is 27.1 Å². The molecular formula is C12H18N2O3S2. The largest absolute Gasteiger partial charge is 0.336 e. The van der Waals surface area contributed by atoms with Crippen LogP contribution in [-0.2, 0) is 9.84 Å². The van der Waals surface area contributed by atoms with Crippen LogP contribution in [0.5, 0.6) is 0 Å². The van der Waals surface area contributed by atoms with Gasteiger partial charge in [-0.1, -0.05) is 0 Å². The summed E-state index contributed by atoms with van der Waals surface area (Å²) in [6.07, 6.45) is 1.15. The van der Waals surface area contributed by atoms with Crippen molar-refractivity contribution in [3.63, 3.8) is 0 Å². The molecule has 0 saturated carbocycles. The number of amides is 1. The Hall–Kier alpha value is -0.920. The molecule has 5 nitrogen and oxygen atoms in total. The highest BCUT2D eigenvalue weighted by Crippen LogP contribution is 2.22. The maximum Gasteiger partial charge on any atom is 0.254 e. The third-order valence-corrected chi connectivity index (χ3v) is 5.81. The Kier molecular flexibility index (Phi) is 3.72. The van der Waals surface area contributed by atoms with E-state index in [9.17, 15) is 13.2 Å². The van der Waals surface area contributed by atoms with E-state index in [2.05, 4.69) is 5.32 Å². The van der Waals surface area contributed by atoms with E-state index < -0.39 is 9.84 Å². The summed E-state index contributed by atoms with van der Waals surface area (Å²) >= 11 is 1.10. The molecule has 7 heteroatoms. The number of sulfone groups is 1. The molecule has 0 radical (unpaired) electrons. The van der Waals surface area contributed by atoms with Gasteiger partial charge in [0.2, 0.25) is 0 Å². The van der Waals surface area contributed by atoms with Crippen molar-refractivity contribution in [1.82, 2.24) is 10.2 Å². The Bertz CT molecular complexity index is 590. The fourth-order valence-electron chi connectivity index (χ4n) is 2.12. The van der Waals surface area contributed by atoms with E-state index in [1.165, 1.54) is 6.07 Å². The second-order valence-corrected chi connectivity index (χ2v) is 8.62. The van der Waals surface area contributed by atoms with Crippen LogP contribution in [0.25, 0.3) is 0 Å². The molecule has 0 unspecified atom stereocenters. The number of hydrogen-bond acceptors (Lipinski definition) is 5. The van der Waals surface area contributed by atoms with Gasteiger partial charge in [-0.05, 0) is 19.9 Å². The van der Waals surface area contributed by atoms with Crippen LogP contribution >= 0.6 is 11.3 Å². The minimum absolute atomic E-state index is 0.0966. The van der Waals surface area contributed by atoms with Gasteiger partial charge in [-0.15, -0.1) is 11.3 Å². The zero-order chi connectivity index (χ0) is 14.3. The third kappa shape index (κ3) is 3.34. The lowest BCUT2D eigenvalue weighted by Gasteiger charge is -2.39. The molecule has 0 atom stereocenters. The summed E-state index contributed by atoms with van der Waals surface area (Å²) in [6.45, 7) is 6.11. The lowest BCUT2D eigenvalue weighted by Crippen LogP contribution is -2.58. The zero-order valence-electron chi connectivity index (χ0n) is 11.3. The summed E-state index contributed by atoms with van der Waals surface area (Å²) in [7, 11) is -3.23. The topological polar surface area (TPSA) is 66.5 Å². The van der Waals surface area contributed by atoms with Gasteiger partial charge in [0.15, 0.2) is 9.84 Å². The average Bonchev–Trinajstić information content (AvgIpc) is 2.75. The summed E-state index contributed by atoms with van der Waals surface area (Å²) in [5.74, 6) is -0.0966. The summed E-state index contributed by atoms with van der Waals surface area (Å²) in [5, 5.41) is 4.96. The van der Waals surface area contributed by atoms with Gasteiger partial charge in [-0.25, -0.2) is 8.42 Å². The second-order valence-electron chi connectivity index (χ2n) is 5.46. The fourth-order valence-corrected chi connectivity index (χ4v) is 3.91. The summed E-state index contributed by atoms with van der Waals surface area (Å²) in [4.78, 5) is 14.1. The molecule has 19 heavy (non-hydrogen) atoms. The molecular weight excluding hydrogens is 284 g/mol. The number of carbonyl (C=O) groups is 1. The van der Waals surface area contributed by atoms with Crippen LogP contribution in [0.15, 0.2) is 15.7 Å². The number of carbonyl (C=O) groups excluding carboxylic acids is 1. The van der Waals surface area contributed by atoms with Crippen LogP contribution < -0.4 is 5.32 Å². The molecule has 0 spiro atoms. The first-order valence-electron chi connectivity index (χ1n) is 6.02. The fraction of sp³-hybridized carbons (Fsp3) is 0.583. The van der Waals surface area contributed by atoms with Crippen LogP contribution in [0.2, 0.25) is 0 Å². The van der Waals surface area contributed by atoms with Crippen molar-refractivity contribution in [3.05, 3.63) is 17.0 Å². The van der Waals surface area contributed by atoms with Crippen molar-refractivity contribution in [2.45, 2.75) is 23.6 Å². The summed E-state index contributed by atoms with van der Waals surface area (Å²) in [6, 6.07) is 1.47. The van der Waals surface area contributed by atoms with Crippen LogP contribution in [0, 0.1) is 0 Å². The Morgan fingerprint density at radius 3 is 2.68 bits per heavy atom. The number of hydrogen-bond donors (Lipinski definition) is 1. The monoisotopic (exact) mass is 302 g/mol. The molecule has 1 N–H and O–H groups in total. The van der Waals surface area contributed by atoms with E-state index >= 15 is 0 Å². The molecule has 1 saturated heterocycles. The van der Waals surface area contributed by atoms with Crippen molar-refractivity contribution in [2.24, 2.45) is 0 Å². The van der Waals surface area contributed by atoms with E-state index in [0.717, 1.165) is 24.1 Å². The number of nitrogens with zero attached hydrogens (tertiary/aromatic N) is 1. The Morgan fingerprint density at radius 2 is 2.16 bits per heavy atom. The molecule has 1 fully saturated rings. The van der Waals surface area contributed by atoms with E-state index in [4.69, 9.17) is 0 Å². The molecule has 2 heterocycles. The minimum atomic E-state index is -3.23. The SMILES string of the molecule is CC1(C)CN(C(=O)c2csc(S(C)(=O)=O)c2)CCN1. The van der Waals surface area contributed by atoms with Gasteiger partial charge in [-0.3, -0.25) is 4.79 Å². The van der Waals surface area contributed by atoms with E-state index in [0.29, 0.717) is 18.7 Å². The van der Waals surface area contributed by atoms with Crippen molar-refractivity contribution in [3.8, 4) is 0 Å². The Morgan fingerprint density at radius 1 is 1.47 bits per heavy atom. The van der Waals surface area contributed by atoms with E-state index in [1.807, 2.05) is 13.8 Å². The Balaban J connectivity index is 2.18. The number of piperazine rings is 1. The van der Waals surface area contributed by atoms with Gasteiger partial charge in [-0.2, -0.15) is 0 Å². The summed E-state index contributed by atoms with van der Waals surface area (Å²) < 4.78 is 23.1. The lowest BCUT2D eigenvalue weighted by atomic mass is 10.0.